The van der Waals surface area contributed by atoms with E-state index >= 15 is 0 Å². The first-order valence-electron chi connectivity index (χ1n) is 12.8. The van der Waals surface area contributed by atoms with Crippen molar-refractivity contribution in [1.82, 2.24) is 5.32 Å². The van der Waals surface area contributed by atoms with Gasteiger partial charge in [0.25, 0.3) is 0 Å². The maximum atomic E-state index is 12.8. The zero-order valence-corrected chi connectivity index (χ0v) is 22.1. The fourth-order valence-electron chi connectivity index (χ4n) is 5.11. The second-order valence-electron chi connectivity index (χ2n) is 9.32. The van der Waals surface area contributed by atoms with Crippen LogP contribution in [0.2, 0.25) is 0 Å². The molecule has 9 heteroatoms. The van der Waals surface area contributed by atoms with E-state index in [1.165, 1.54) is 12.8 Å². The van der Waals surface area contributed by atoms with Crippen LogP contribution in [-0.4, -0.2) is 45.0 Å². The second kappa shape index (κ2) is 12.8. The number of methoxy groups -OCH3 is 1. The first-order chi connectivity index (χ1) is 16.9. The zero-order valence-electron chi connectivity index (χ0n) is 21.2. The Balaban J connectivity index is 1.60. The molecule has 0 atom stereocenters. The molecule has 0 heterocycles. The van der Waals surface area contributed by atoms with Gasteiger partial charge >= 0.3 is 7.60 Å². The SMILES string of the molecule is CCOP(=O)(CCNC(=O)[C@H]1CC[C@](C#N)(c2ccc(OC)c(OC3CCCC3)c2)CC1)OCC. The summed E-state index contributed by atoms with van der Waals surface area (Å²) in [5.74, 6) is 1.12. The average molecular weight is 507 g/mol. The van der Waals surface area contributed by atoms with Crippen molar-refractivity contribution in [3.05, 3.63) is 23.8 Å². The summed E-state index contributed by atoms with van der Waals surface area (Å²) in [5.41, 5.74) is 0.262. The van der Waals surface area contributed by atoms with E-state index in [1.807, 2.05) is 18.2 Å². The fourth-order valence-corrected chi connectivity index (χ4v) is 6.62. The van der Waals surface area contributed by atoms with Crippen molar-refractivity contribution in [3.8, 4) is 17.6 Å². The lowest BCUT2D eigenvalue weighted by molar-refractivity contribution is -0.126. The summed E-state index contributed by atoms with van der Waals surface area (Å²) in [6.45, 7) is 4.35. The maximum Gasteiger partial charge on any atom is 0.332 e. The minimum absolute atomic E-state index is 0.0731. The van der Waals surface area contributed by atoms with Gasteiger partial charge in [0.05, 0.1) is 44.1 Å². The Hall–Kier alpha value is -2.07. The Morgan fingerprint density at radius 2 is 1.77 bits per heavy atom. The Morgan fingerprint density at radius 3 is 2.34 bits per heavy atom. The van der Waals surface area contributed by atoms with Crippen molar-refractivity contribution in [2.45, 2.75) is 76.7 Å². The number of carbonyl (C=O) groups excluding carboxylic acids is 1. The smallest absolute Gasteiger partial charge is 0.332 e. The number of hydrogen-bond acceptors (Lipinski definition) is 7. The molecule has 0 saturated heterocycles. The number of nitrogens with zero attached hydrogens (tertiary/aromatic N) is 1. The van der Waals surface area contributed by atoms with Crippen molar-refractivity contribution in [2.75, 3.05) is 33.0 Å². The van der Waals surface area contributed by atoms with E-state index in [0.717, 1.165) is 18.4 Å². The third-order valence-corrected chi connectivity index (χ3v) is 9.15. The van der Waals surface area contributed by atoms with Crippen LogP contribution >= 0.6 is 7.60 Å². The summed E-state index contributed by atoms with van der Waals surface area (Å²) in [6, 6.07) is 8.33. The molecule has 35 heavy (non-hydrogen) atoms. The number of nitrogens with one attached hydrogen (secondary N) is 1. The normalized spacial score (nSPS) is 23.0. The molecule has 3 rings (SSSR count). The van der Waals surface area contributed by atoms with Crippen LogP contribution in [0, 0.1) is 17.2 Å². The van der Waals surface area contributed by atoms with Crippen LogP contribution in [0.3, 0.4) is 0 Å². The topological polar surface area (TPSA) is 107 Å². The summed E-state index contributed by atoms with van der Waals surface area (Å²) in [6.07, 6.45) is 7.16. The van der Waals surface area contributed by atoms with Gasteiger partial charge in [-0.3, -0.25) is 9.36 Å². The van der Waals surface area contributed by atoms with E-state index in [0.29, 0.717) is 50.4 Å². The lowest BCUT2D eigenvalue weighted by Crippen LogP contribution is -2.38. The molecule has 1 aromatic carbocycles. The average Bonchev–Trinajstić information content (AvgIpc) is 3.37. The number of rotatable bonds is 12. The second-order valence-corrected chi connectivity index (χ2v) is 11.5. The number of carbonyl (C=O) groups is 1. The molecule has 2 aliphatic carbocycles. The molecule has 1 aromatic rings. The van der Waals surface area contributed by atoms with Gasteiger partial charge < -0.3 is 23.8 Å². The highest BCUT2D eigenvalue weighted by Crippen LogP contribution is 2.47. The minimum Gasteiger partial charge on any atom is -0.493 e. The quantitative estimate of drug-likeness (QED) is 0.381. The van der Waals surface area contributed by atoms with Crippen LogP contribution < -0.4 is 14.8 Å². The molecule has 0 aliphatic heterocycles. The van der Waals surface area contributed by atoms with Crippen LogP contribution in [0.5, 0.6) is 11.5 Å². The summed E-state index contributed by atoms with van der Waals surface area (Å²) in [4.78, 5) is 12.8. The predicted molar refractivity (Wildman–Crippen MR) is 134 cm³/mol. The van der Waals surface area contributed by atoms with Crippen molar-refractivity contribution in [2.24, 2.45) is 5.92 Å². The molecule has 0 spiro atoms. The van der Waals surface area contributed by atoms with E-state index in [4.69, 9.17) is 18.5 Å². The summed E-state index contributed by atoms with van der Waals surface area (Å²) >= 11 is 0. The molecule has 0 unspecified atom stereocenters. The van der Waals surface area contributed by atoms with E-state index in [-0.39, 0.29) is 30.6 Å². The highest BCUT2D eigenvalue weighted by molar-refractivity contribution is 7.53. The van der Waals surface area contributed by atoms with Gasteiger partial charge in [-0.15, -0.1) is 0 Å². The van der Waals surface area contributed by atoms with Crippen LogP contribution in [0.15, 0.2) is 18.2 Å². The van der Waals surface area contributed by atoms with Crippen molar-refractivity contribution < 1.29 is 27.9 Å². The highest BCUT2D eigenvalue weighted by atomic mass is 31.2. The van der Waals surface area contributed by atoms with E-state index in [2.05, 4.69) is 11.4 Å². The molecule has 0 bridgehead atoms. The lowest BCUT2D eigenvalue weighted by Gasteiger charge is -2.35. The van der Waals surface area contributed by atoms with Gasteiger partial charge in [-0.25, -0.2) is 0 Å². The Kier molecular flexibility index (Phi) is 10.0. The van der Waals surface area contributed by atoms with Crippen LogP contribution in [0.25, 0.3) is 0 Å². The van der Waals surface area contributed by atoms with Gasteiger partial charge in [0.15, 0.2) is 11.5 Å². The lowest BCUT2D eigenvalue weighted by atomic mass is 9.67. The third-order valence-electron chi connectivity index (χ3n) is 7.07. The van der Waals surface area contributed by atoms with E-state index < -0.39 is 13.0 Å². The summed E-state index contributed by atoms with van der Waals surface area (Å²) < 4.78 is 34.9. The molecule has 8 nitrogen and oxygen atoms in total. The molecule has 0 radical (unpaired) electrons. The zero-order chi connectivity index (χ0) is 25.3. The van der Waals surface area contributed by atoms with Crippen LogP contribution in [0.1, 0.15) is 70.8 Å². The molecule has 2 aliphatic rings. The van der Waals surface area contributed by atoms with Gasteiger partial charge in [0.1, 0.15) is 0 Å². The van der Waals surface area contributed by atoms with Crippen molar-refractivity contribution in [1.29, 1.82) is 5.26 Å². The van der Waals surface area contributed by atoms with Crippen LogP contribution in [-0.2, 0) is 23.8 Å². The third kappa shape index (κ3) is 7.00. The highest BCUT2D eigenvalue weighted by Gasteiger charge is 2.40. The summed E-state index contributed by atoms with van der Waals surface area (Å²) in [5, 5.41) is 13.1. The van der Waals surface area contributed by atoms with E-state index in [1.54, 1.807) is 21.0 Å². The van der Waals surface area contributed by atoms with Crippen molar-refractivity contribution in [3.63, 3.8) is 0 Å². The molecule has 1 amide bonds. The number of benzene rings is 1. The molecule has 2 saturated carbocycles. The number of hydrogen-bond donors (Lipinski definition) is 1. The number of amides is 1. The number of nitriles is 1. The molecule has 194 valence electrons. The molecule has 0 aromatic heterocycles. The van der Waals surface area contributed by atoms with Gasteiger partial charge in [-0.1, -0.05) is 6.07 Å². The van der Waals surface area contributed by atoms with Gasteiger partial charge in [0.2, 0.25) is 5.91 Å². The Bertz CT molecular complexity index is 922. The Morgan fingerprint density at radius 1 is 1.11 bits per heavy atom. The molecule has 2 fully saturated rings. The monoisotopic (exact) mass is 506 g/mol. The minimum atomic E-state index is -3.18. The number of ether oxygens (including phenoxy) is 2. The molecular weight excluding hydrogens is 467 g/mol. The Labute approximate surface area is 209 Å². The van der Waals surface area contributed by atoms with Gasteiger partial charge in [-0.05, 0) is 82.9 Å². The molecular formula is C26H39N2O6P. The largest absolute Gasteiger partial charge is 0.493 e. The molecule has 1 N–H and O–H groups in total. The first kappa shape index (κ1) is 27.5. The van der Waals surface area contributed by atoms with E-state index in [9.17, 15) is 14.6 Å². The first-order valence-corrected chi connectivity index (χ1v) is 14.5. The maximum absolute atomic E-state index is 12.8. The van der Waals surface area contributed by atoms with Gasteiger partial charge in [-0.2, -0.15) is 5.26 Å². The van der Waals surface area contributed by atoms with Gasteiger partial charge in [0, 0.05) is 12.5 Å². The summed E-state index contributed by atoms with van der Waals surface area (Å²) in [7, 11) is -1.56. The fraction of sp³-hybridized carbons (Fsp3) is 0.692. The standard InChI is InChI=1S/C26H39N2O6P/c1-4-32-35(30,33-5-2)17-16-28-25(29)20-12-14-26(19-27,15-13-20)21-10-11-23(31-3)24(18-21)34-22-8-6-7-9-22/h10-11,18,20,22H,4-9,12-17H2,1-3H3,(H,28,29)/t20-,26-. The predicted octanol–water partition coefficient (Wildman–Crippen LogP) is 5.35. The van der Waals surface area contributed by atoms with Crippen molar-refractivity contribution >= 4 is 13.5 Å². The van der Waals surface area contributed by atoms with Crippen LogP contribution in [0.4, 0.5) is 0 Å².